The molecule has 1 aliphatic heterocycles. The van der Waals surface area contributed by atoms with Gasteiger partial charge in [0.05, 0.1) is 24.0 Å². The molecule has 36 heavy (non-hydrogen) atoms. The Kier molecular flexibility index (Phi) is 8.80. The van der Waals surface area contributed by atoms with Crippen LogP contribution in [0.4, 0.5) is 5.69 Å². The lowest BCUT2D eigenvalue weighted by Crippen LogP contribution is -2.55. The van der Waals surface area contributed by atoms with Crippen molar-refractivity contribution in [3.8, 4) is 0 Å². The second-order valence-electron chi connectivity index (χ2n) is 8.04. The number of para-hydroxylation sites is 1. The number of nitrogens with zero attached hydrogens (tertiary/aromatic N) is 3. The minimum absolute atomic E-state index is 0.0451. The van der Waals surface area contributed by atoms with Gasteiger partial charge in [-0.25, -0.2) is 9.79 Å². The van der Waals surface area contributed by atoms with Crippen LogP contribution < -0.4 is 16.0 Å². The Morgan fingerprint density at radius 3 is 2.42 bits per heavy atom. The lowest BCUT2D eigenvalue weighted by atomic mass is 10.0. The van der Waals surface area contributed by atoms with Crippen molar-refractivity contribution in [1.82, 2.24) is 10.2 Å². The van der Waals surface area contributed by atoms with Gasteiger partial charge in [-0.1, -0.05) is 48.5 Å². The Labute approximate surface area is 213 Å². The summed E-state index contributed by atoms with van der Waals surface area (Å²) >= 11 is 4.07. The molecule has 1 heterocycles. The quantitative estimate of drug-likeness (QED) is 0.281. The first-order valence-corrected chi connectivity index (χ1v) is 11.6. The number of hydrogen-bond donors (Lipinski definition) is 5. The number of benzodiazepines with no additional fused rings is 1. The van der Waals surface area contributed by atoms with Crippen molar-refractivity contribution in [3.63, 3.8) is 0 Å². The number of carbonyl (C=O) groups is 4. The zero-order chi connectivity index (χ0) is 26.4. The number of carbonyl (C=O) groups excluding carboxylic acids is 3. The number of fused-ring (bicyclic) bond motifs is 1. The van der Waals surface area contributed by atoms with Gasteiger partial charge in [0.25, 0.3) is 5.91 Å². The molecule has 0 aromatic heterocycles. The van der Waals surface area contributed by atoms with E-state index in [0.29, 0.717) is 22.5 Å². The van der Waals surface area contributed by atoms with Crippen LogP contribution >= 0.6 is 12.6 Å². The van der Waals surface area contributed by atoms with Crippen LogP contribution in [0.3, 0.4) is 0 Å². The van der Waals surface area contributed by atoms with Gasteiger partial charge >= 0.3 is 5.97 Å². The number of aliphatic hydroxyl groups excluding tert-OH is 1. The first-order valence-electron chi connectivity index (χ1n) is 11.0. The Balaban J connectivity index is 2.11. The van der Waals surface area contributed by atoms with Crippen molar-refractivity contribution in [2.45, 2.75) is 18.2 Å². The fourth-order valence-electron chi connectivity index (χ4n) is 3.69. The summed E-state index contributed by atoms with van der Waals surface area (Å²) in [6, 6.07) is 13.3. The van der Waals surface area contributed by atoms with Crippen LogP contribution in [0, 0.1) is 0 Å². The van der Waals surface area contributed by atoms with E-state index in [9.17, 15) is 24.3 Å². The zero-order valence-corrected chi connectivity index (χ0v) is 20.3. The fourth-order valence-corrected chi connectivity index (χ4v) is 3.84. The SMILES string of the molecule is CN(C(=O)[C@@H](N)CS)[C@@H]1N=C(c2ccccc2)c2ccccc2N(CC(=O)N[C@@H](CO)C(=O)O)C1=O. The molecule has 190 valence electrons. The van der Waals surface area contributed by atoms with Gasteiger partial charge < -0.3 is 26.2 Å². The van der Waals surface area contributed by atoms with E-state index < -0.39 is 55.1 Å². The summed E-state index contributed by atoms with van der Waals surface area (Å²) in [4.78, 5) is 57.6. The maximum Gasteiger partial charge on any atom is 0.328 e. The number of nitrogens with one attached hydrogen (secondary N) is 1. The third-order valence-corrected chi connectivity index (χ3v) is 5.97. The molecule has 0 aliphatic carbocycles. The number of carboxylic acids is 1. The van der Waals surface area contributed by atoms with Crippen molar-refractivity contribution in [1.29, 1.82) is 0 Å². The topological polar surface area (TPSA) is 166 Å². The van der Waals surface area contributed by atoms with Crippen LogP contribution in [0.1, 0.15) is 11.1 Å². The lowest BCUT2D eigenvalue weighted by molar-refractivity contribution is -0.143. The number of hydrogen-bond acceptors (Lipinski definition) is 8. The predicted molar refractivity (Wildman–Crippen MR) is 136 cm³/mol. The van der Waals surface area contributed by atoms with Gasteiger partial charge in [0.15, 0.2) is 0 Å². The van der Waals surface area contributed by atoms with Crippen LogP contribution in [-0.4, -0.2) is 88.7 Å². The van der Waals surface area contributed by atoms with Gasteiger partial charge in [-0.2, -0.15) is 12.6 Å². The lowest BCUT2D eigenvalue weighted by Gasteiger charge is -2.30. The summed E-state index contributed by atoms with van der Waals surface area (Å²) in [5.41, 5.74) is 7.85. The van der Waals surface area contributed by atoms with Gasteiger partial charge in [-0.05, 0) is 6.07 Å². The molecule has 3 amide bonds. The molecule has 0 saturated carbocycles. The molecule has 0 saturated heterocycles. The van der Waals surface area contributed by atoms with Crippen LogP contribution in [0.25, 0.3) is 0 Å². The molecule has 2 aromatic rings. The number of rotatable bonds is 9. The summed E-state index contributed by atoms with van der Waals surface area (Å²) in [5.74, 6) is -3.46. The fraction of sp³-hybridized carbons (Fsp3) is 0.292. The molecule has 3 atom stereocenters. The number of aliphatic hydroxyl groups is 1. The number of nitrogens with two attached hydrogens (primary N) is 1. The minimum atomic E-state index is -1.54. The smallest absolute Gasteiger partial charge is 0.328 e. The van der Waals surface area contributed by atoms with Crippen molar-refractivity contribution in [2.24, 2.45) is 10.7 Å². The van der Waals surface area contributed by atoms with E-state index in [1.165, 1.54) is 7.05 Å². The summed E-state index contributed by atoms with van der Waals surface area (Å²) in [7, 11) is 1.39. The number of aliphatic imine (C=N–C) groups is 1. The molecule has 3 rings (SSSR count). The standard InChI is InChI=1S/C24H27N5O6S/c1-28(22(32)16(25)13-36)21-23(33)29(11-19(31)26-17(12-30)24(34)35)18-10-6-5-9-15(18)20(27-21)14-7-3-2-4-8-14/h2-10,16-17,21,30,36H,11-13,25H2,1H3,(H,26,31)(H,34,35)/t16-,17-,21-/m0/s1. The second-order valence-corrected chi connectivity index (χ2v) is 8.40. The minimum Gasteiger partial charge on any atom is -0.480 e. The van der Waals surface area contributed by atoms with E-state index in [1.807, 2.05) is 6.07 Å². The van der Waals surface area contributed by atoms with Gasteiger partial charge in [-0.15, -0.1) is 0 Å². The number of carboxylic acid groups (broad SMARTS) is 1. The number of thiol groups is 1. The van der Waals surface area contributed by atoms with E-state index in [1.54, 1.807) is 48.5 Å². The summed E-state index contributed by atoms with van der Waals surface area (Å²) < 4.78 is 0. The van der Waals surface area contributed by atoms with Gasteiger partial charge in [0, 0.05) is 23.9 Å². The van der Waals surface area contributed by atoms with Gasteiger partial charge in [0.1, 0.15) is 12.6 Å². The molecular weight excluding hydrogens is 486 g/mol. The average Bonchev–Trinajstić information content (AvgIpc) is 3.01. The summed E-state index contributed by atoms with van der Waals surface area (Å²) in [6.07, 6.45) is -1.37. The normalized spacial score (nSPS) is 16.8. The molecule has 5 N–H and O–H groups in total. The highest BCUT2D eigenvalue weighted by Crippen LogP contribution is 2.29. The van der Waals surface area contributed by atoms with E-state index in [2.05, 4.69) is 22.9 Å². The Hall–Kier alpha value is -3.74. The number of amides is 3. The van der Waals surface area contributed by atoms with Gasteiger partial charge in [0.2, 0.25) is 18.0 Å². The molecule has 0 unspecified atom stereocenters. The van der Waals surface area contributed by atoms with Crippen LogP contribution in [0.5, 0.6) is 0 Å². The molecule has 0 radical (unpaired) electrons. The second kappa shape index (κ2) is 11.8. The molecule has 0 spiro atoms. The zero-order valence-electron chi connectivity index (χ0n) is 19.4. The van der Waals surface area contributed by atoms with E-state index in [-0.39, 0.29) is 5.75 Å². The Bertz CT molecular complexity index is 1170. The van der Waals surface area contributed by atoms with E-state index >= 15 is 0 Å². The van der Waals surface area contributed by atoms with Gasteiger partial charge in [-0.3, -0.25) is 19.3 Å². The largest absolute Gasteiger partial charge is 0.480 e. The molecule has 0 fully saturated rings. The number of likely N-dealkylation sites (N-methyl/N-ethyl adjacent to an activating group) is 1. The third kappa shape index (κ3) is 5.73. The van der Waals surface area contributed by atoms with Crippen LogP contribution in [-0.2, 0) is 19.2 Å². The third-order valence-electron chi connectivity index (χ3n) is 5.58. The number of benzene rings is 2. The molecule has 0 bridgehead atoms. The summed E-state index contributed by atoms with van der Waals surface area (Å²) in [6.45, 7) is -1.40. The average molecular weight is 514 g/mol. The Morgan fingerprint density at radius 2 is 1.81 bits per heavy atom. The summed E-state index contributed by atoms with van der Waals surface area (Å²) in [5, 5.41) is 20.6. The highest BCUT2D eigenvalue weighted by atomic mass is 32.1. The van der Waals surface area contributed by atoms with Crippen molar-refractivity contribution < 1.29 is 29.4 Å². The highest BCUT2D eigenvalue weighted by Gasteiger charge is 2.38. The van der Waals surface area contributed by atoms with Crippen molar-refractivity contribution >= 4 is 47.7 Å². The van der Waals surface area contributed by atoms with Crippen LogP contribution in [0.15, 0.2) is 59.6 Å². The monoisotopic (exact) mass is 513 g/mol. The maximum absolute atomic E-state index is 13.8. The number of anilines is 1. The molecule has 12 heteroatoms. The molecule has 2 aromatic carbocycles. The number of aliphatic carboxylic acids is 1. The van der Waals surface area contributed by atoms with E-state index in [0.717, 1.165) is 9.80 Å². The van der Waals surface area contributed by atoms with Crippen molar-refractivity contribution in [3.05, 3.63) is 65.7 Å². The predicted octanol–water partition coefficient (Wildman–Crippen LogP) is -0.526. The molecular formula is C24H27N5O6S. The highest BCUT2D eigenvalue weighted by molar-refractivity contribution is 7.80. The van der Waals surface area contributed by atoms with Crippen molar-refractivity contribution in [2.75, 3.05) is 30.9 Å². The van der Waals surface area contributed by atoms with E-state index in [4.69, 9.17) is 10.8 Å². The van der Waals surface area contributed by atoms with Crippen LogP contribution in [0.2, 0.25) is 0 Å². The first-order chi connectivity index (χ1) is 17.2. The maximum atomic E-state index is 13.8. The Morgan fingerprint density at radius 1 is 1.17 bits per heavy atom. The molecule has 11 nitrogen and oxygen atoms in total. The first kappa shape index (κ1) is 26.9. The molecule has 1 aliphatic rings.